The van der Waals surface area contributed by atoms with Gasteiger partial charge in [-0.3, -0.25) is 10.2 Å². The first-order valence-corrected chi connectivity index (χ1v) is 4.92. The molecule has 0 aromatic rings. The molecule has 17 heavy (non-hydrogen) atoms. The number of halogens is 3. The number of hydrogen-bond donors (Lipinski definition) is 2. The van der Waals surface area contributed by atoms with Crippen molar-refractivity contribution in [2.24, 2.45) is 10.8 Å². The molecule has 0 aromatic heterocycles. The van der Waals surface area contributed by atoms with Gasteiger partial charge in [-0.15, -0.1) is 0 Å². The number of ether oxygens (including phenoxy) is 1. The van der Waals surface area contributed by atoms with Gasteiger partial charge in [0, 0.05) is 0 Å². The van der Waals surface area contributed by atoms with Crippen LogP contribution in [0.1, 0.15) is 20.3 Å². The molecular weight excluding hydrogens is 259 g/mol. The molecule has 0 aliphatic carbocycles. The van der Waals surface area contributed by atoms with Crippen LogP contribution < -0.4 is 11.2 Å². The number of thiocarbonyl (C=S) groups is 1. The minimum atomic E-state index is -4.76. The van der Waals surface area contributed by atoms with Crippen molar-refractivity contribution in [2.45, 2.75) is 32.5 Å². The normalized spacial score (nSPS) is 12.5. The fourth-order valence-corrected chi connectivity index (χ4v) is 0.813. The first-order chi connectivity index (χ1) is 7.62. The first kappa shape index (κ1) is 15.6. The van der Waals surface area contributed by atoms with Crippen LogP contribution in [0.15, 0.2) is 5.10 Å². The summed E-state index contributed by atoms with van der Waals surface area (Å²) in [5, 5.41) is 2.49. The smallest absolute Gasteiger partial charge is 0.431 e. The highest BCUT2D eigenvalue weighted by atomic mass is 32.1. The Kier molecular flexibility index (Phi) is 5.86. The lowest BCUT2D eigenvalue weighted by Gasteiger charge is -2.12. The highest BCUT2D eigenvalue weighted by Crippen LogP contribution is 2.19. The molecule has 9 heteroatoms. The zero-order valence-electron chi connectivity index (χ0n) is 9.17. The van der Waals surface area contributed by atoms with Crippen LogP contribution in [0, 0.1) is 0 Å². The summed E-state index contributed by atoms with van der Waals surface area (Å²) >= 11 is 4.30. The van der Waals surface area contributed by atoms with Crippen LogP contribution in [0.2, 0.25) is 0 Å². The zero-order chi connectivity index (χ0) is 13.6. The Balaban J connectivity index is 4.67. The minimum absolute atomic E-state index is 0.427. The van der Waals surface area contributed by atoms with E-state index in [0.717, 1.165) is 0 Å². The van der Waals surface area contributed by atoms with Crippen LogP contribution >= 0.6 is 12.2 Å². The van der Waals surface area contributed by atoms with Gasteiger partial charge in [0.15, 0.2) is 10.8 Å². The predicted octanol–water partition coefficient (Wildman–Crippen LogP) is 1.08. The van der Waals surface area contributed by atoms with Gasteiger partial charge in [-0.2, -0.15) is 18.3 Å². The van der Waals surface area contributed by atoms with Gasteiger partial charge in [0.25, 0.3) is 0 Å². The van der Waals surface area contributed by atoms with Gasteiger partial charge in [0.2, 0.25) is 0 Å². The van der Waals surface area contributed by atoms with E-state index in [2.05, 4.69) is 22.1 Å². The molecule has 0 saturated heterocycles. The summed E-state index contributed by atoms with van der Waals surface area (Å²) < 4.78 is 41.8. The molecule has 0 aromatic carbocycles. The standard InChI is InChI=1S/C8H12F3N3O2S/c1-4(2)16-6(15)3-5(8(9,10)11)13-14-7(12)17/h4H,3H2,1-2H3,(H3,12,14,17)/b13-5+. The third kappa shape index (κ3) is 7.50. The van der Waals surface area contributed by atoms with Gasteiger partial charge in [-0.25, -0.2) is 0 Å². The number of hydrazone groups is 1. The number of nitrogens with two attached hydrogens (primary N) is 1. The molecule has 0 fully saturated rings. The summed E-state index contributed by atoms with van der Waals surface area (Å²) in [5.41, 5.74) is 5.35. The largest absolute Gasteiger partial charge is 0.463 e. The fourth-order valence-electron chi connectivity index (χ4n) is 0.767. The van der Waals surface area contributed by atoms with Crippen LogP contribution in [0.4, 0.5) is 13.2 Å². The van der Waals surface area contributed by atoms with E-state index < -0.39 is 35.5 Å². The monoisotopic (exact) mass is 271 g/mol. The molecule has 0 unspecified atom stereocenters. The van der Waals surface area contributed by atoms with Crippen LogP contribution in [-0.2, 0) is 9.53 Å². The van der Waals surface area contributed by atoms with Crippen molar-refractivity contribution < 1.29 is 22.7 Å². The van der Waals surface area contributed by atoms with Gasteiger partial charge in [-0.05, 0) is 26.1 Å². The Morgan fingerprint density at radius 1 is 1.53 bits per heavy atom. The van der Waals surface area contributed by atoms with E-state index in [1.807, 2.05) is 0 Å². The number of nitrogens with one attached hydrogen (secondary N) is 1. The highest BCUT2D eigenvalue weighted by Gasteiger charge is 2.37. The molecule has 98 valence electrons. The van der Waals surface area contributed by atoms with E-state index in [1.165, 1.54) is 13.8 Å². The van der Waals surface area contributed by atoms with Crippen molar-refractivity contribution in [1.29, 1.82) is 0 Å². The van der Waals surface area contributed by atoms with Crippen molar-refractivity contribution in [3.8, 4) is 0 Å². The molecule has 0 aliphatic heterocycles. The molecule has 0 rings (SSSR count). The maximum atomic E-state index is 12.4. The van der Waals surface area contributed by atoms with Crippen LogP contribution in [0.3, 0.4) is 0 Å². The molecule has 3 N–H and O–H groups in total. The second-order valence-electron chi connectivity index (χ2n) is 3.25. The van der Waals surface area contributed by atoms with E-state index in [1.54, 1.807) is 5.43 Å². The molecule has 0 atom stereocenters. The van der Waals surface area contributed by atoms with Crippen molar-refractivity contribution in [1.82, 2.24) is 5.43 Å². The Morgan fingerprint density at radius 2 is 2.06 bits per heavy atom. The molecule has 0 saturated carbocycles. The Morgan fingerprint density at radius 3 is 2.41 bits per heavy atom. The fraction of sp³-hybridized carbons (Fsp3) is 0.625. The van der Waals surface area contributed by atoms with Crippen molar-refractivity contribution in [3.05, 3.63) is 0 Å². The Hall–Kier alpha value is -1.38. The van der Waals surface area contributed by atoms with Gasteiger partial charge in [-0.1, -0.05) is 0 Å². The van der Waals surface area contributed by atoms with E-state index >= 15 is 0 Å². The number of rotatable bonds is 4. The maximum absolute atomic E-state index is 12.4. The number of hydrogen-bond acceptors (Lipinski definition) is 4. The lowest BCUT2D eigenvalue weighted by atomic mass is 10.2. The summed E-state index contributed by atoms with van der Waals surface area (Å²) in [5.74, 6) is -1.03. The SMILES string of the molecule is CC(C)OC(=O)C/C(=N\NC(N)=S)C(F)(F)F. The van der Waals surface area contributed by atoms with Gasteiger partial charge in [0.05, 0.1) is 12.5 Å². The predicted molar refractivity (Wildman–Crippen MR) is 59.3 cm³/mol. The Bertz CT molecular complexity index is 328. The summed E-state index contributed by atoms with van der Waals surface area (Å²) in [4.78, 5) is 11.1. The van der Waals surface area contributed by atoms with Crippen molar-refractivity contribution in [3.63, 3.8) is 0 Å². The summed E-state index contributed by atoms with van der Waals surface area (Å²) in [6.45, 7) is 3.05. The van der Waals surface area contributed by atoms with Crippen LogP contribution in [0.25, 0.3) is 0 Å². The second-order valence-corrected chi connectivity index (χ2v) is 3.69. The number of nitrogens with zero attached hydrogens (tertiary/aromatic N) is 1. The van der Waals surface area contributed by atoms with Gasteiger partial charge < -0.3 is 10.5 Å². The molecule has 0 aliphatic rings. The molecule has 0 spiro atoms. The zero-order valence-corrected chi connectivity index (χ0v) is 9.98. The minimum Gasteiger partial charge on any atom is -0.463 e. The average Bonchev–Trinajstić information content (AvgIpc) is 2.08. The van der Waals surface area contributed by atoms with E-state index in [0.29, 0.717) is 0 Å². The Labute approximate surface area is 101 Å². The molecule has 0 amide bonds. The quantitative estimate of drug-likeness (QED) is 0.346. The first-order valence-electron chi connectivity index (χ1n) is 4.51. The van der Waals surface area contributed by atoms with Gasteiger partial charge in [0.1, 0.15) is 0 Å². The second kappa shape index (κ2) is 6.38. The molecule has 0 radical (unpaired) electrons. The summed E-state index contributed by atoms with van der Waals surface area (Å²) in [7, 11) is 0. The lowest BCUT2D eigenvalue weighted by molar-refractivity contribution is -0.146. The van der Waals surface area contributed by atoms with Crippen LogP contribution in [0.5, 0.6) is 0 Å². The molecule has 5 nitrogen and oxygen atoms in total. The van der Waals surface area contributed by atoms with Crippen molar-refractivity contribution >= 4 is 29.0 Å². The number of carbonyl (C=O) groups is 1. The van der Waals surface area contributed by atoms with Crippen LogP contribution in [-0.4, -0.2) is 29.1 Å². The number of carbonyl (C=O) groups excluding carboxylic acids is 1. The third-order valence-corrected chi connectivity index (χ3v) is 1.40. The van der Waals surface area contributed by atoms with Gasteiger partial charge >= 0.3 is 12.1 Å². The van der Waals surface area contributed by atoms with E-state index in [-0.39, 0.29) is 0 Å². The maximum Gasteiger partial charge on any atom is 0.431 e. The molecule has 0 heterocycles. The summed E-state index contributed by atoms with van der Waals surface area (Å²) in [6.07, 6.45) is -6.26. The molecular formula is C8H12F3N3O2S. The topological polar surface area (TPSA) is 76.7 Å². The average molecular weight is 271 g/mol. The molecule has 0 bridgehead atoms. The summed E-state index contributed by atoms with van der Waals surface area (Å²) in [6, 6.07) is 0. The highest BCUT2D eigenvalue weighted by molar-refractivity contribution is 7.80. The number of alkyl halides is 3. The third-order valence-electron chi connectivity index (χ3n) is 1.31. The van der Waals surface area contributed by atoms with E-state index in [9.17, 15) is 18.0 Å². The number of esters is 1. The van der Waals surface area contributed by atoms with E-state index in [4.69, 9.17) is 5.73 Å². The lowest BCUT2D eigenvalue weighted by Crippen LogP contribution is -2.32. The van der Waals surface area contributed by atoms with Crippen molar-refractivity contribution in [2.75, 3.05) is 0 Å².